The Morgan fingerprint density at radius 2 is 1.86 bits per heavy atom. The Kier molecular flexibility index (Phi) is 4.23. The van der Waals surface area contributed by atoms with E-state index in [1.165, 1.54) is 26.8 Å². The summed E-state index contributed by atoms with van der Waals surface area (Å²) in [5, 5.41) is 5.86. The van der Waals surface area contributed by atoms with Gasteiger partial charge in [0.1, 0.15) is 0 Å². The normalized spacial score (nSPS) is 12.5. The lowest BCUT2D eigenvalue weighted by Crippen LogP contribution is -2.17. The van der Waals surface area contributed by atoms with Gasteiger partial charge >= 0.3 is 0 Å². The molecule has 2 aromatic carbocycles. The molecule has 1 unspecified atom stereocenters. The number of nitrogens with one attached hydrogen (secondary N) is 1. The van der Waals surface area contributed by atoms with Gasteiger partial charge in [0.25, 0.3) is 0 Å². The monoisotopic (exact) mass is 294 g/mol. The van der Waals surface area contributed by atoms with Crippen LogP contribution in [0.15, 0.2) is 65.8 Å². The standard InChI is InChI=1S/C18H18N2S/c1-19-18(13-6-8-15(21-2)9-7-13)17-5-3-4-14-12-20-11-10-16(14)17/h3-12,18-19H,1-2H3. The highest BCUT2D eigenvalue weighted by molar-refractivity contribution is 7.98. The van der Waals surface area contributed by atoms with Crippen molar-refractivity contribution in [1.82, 2.24) is 10.3 Å². The Morgan fingerprint density at radius 3 is 2.57 bits per heavy atom. The van der Waals surface area contributed by atoms with E-state index < -0.39 is 0 Å². The zero-order chi connectivity index (χ0) is 14.7. The van der Waals surface area contributed by atoms with E-state index in [1.807, 2.05) is 19.4 Å². The molecule has 21 heavy (non-hydrogen) atoms. The summed E-state index contributed by atoms with van der Waals surface area (Å²) in [6.07, 6.45) is 5.88. The number of thioether (sulfide) groups is 1. The van der Waals surface area contributed by atoms with Gasteiger partial charge in [-0.1, -0.05) is 30.3 Å². The van der Waals surface area contributed by atoms with E-state index >= 15 is 0 Å². The molecule has 0 radical (unpaired) electrons. The van der Waals surface area contributed by atoms with E-state index in [4.69, 9.17) is 0 Å². The van der Waals surface area contributed by atoms with Gasteiger partial charge in [0.15, 0.2) is 0 Å². The molecule has 0 aliphatic heterocycles. The minimum atomic E-state index is 0.187. The smallest absolute Gasteiger partial charge is 0.0580 e. The summed E-state index contributed by atoms with van der Waals surface area (Å²) >= 11 is 1.77. The van der Waals surface area contributed by atoms with Crippen LogP contribution in [-0.2, 0) is 0 Å². The van der Waals surface area contributed by atoms with Crippen LogP contribution in [0.25, 0.3) is 10.8 Å². The second-order valence-electron chi connectivity index (χ2n) is 4.94. The highest BCUT2D eigenvalue weighted by atomic mass is 32.2. The van der Waals surface area contributed by atoms with Gasteiger partial charge in [-0.3, -0.25) is 4.98 Å². The summed E-state index contributed by atoms with van der Waals surface area (Å²) in [6.45, 7) is 0. The zero-order valence-electron chi connectivity index (χ0n) is 12.2. The third-order valence-electron chi connectivity index (χ3n) is 3.76. The molecule has 1 atom stereocenters. The summed E-state index contributed by atoms with van der Waals surface area (Å²) in [4.78, 5) is 5.50. The van der Waals surface area contributed by atoms with Gasteiger partial charge in [0.05, 0.1) is 6.04 Å². The molecule has 0 bridgehead atoms. The molecule has 2 nitrogen and oxygen atoms in total. The predicted molar refractivity (Wildman–Crippen MR) is 90.9 cm³/mol. The van der Waals surface area contributed by atoms with Crippen LogP contribution in [-0.4, -0.2) is 18.3 Å². The third-order valence-corrected chi connectivity index (χ3v) is 4.51. The second-order valence-corrected chi connectivity index (χ2v) is 5.82. The Bertz CT molecular complexity index is 732. The minimum Gasteiger partial charge on any atom is -0.309 e. The molecule has 0 aliphatic carbocycles. The molecule has 0 aliphatic rings. The zero-order valence-corrected chi connectivity index (χ0v) is 13.0. The molecule has 0 saturated carbocycles. The quantitative estimate of drug-likeness (QED) is 0.728. The fourth-order valence-corrected chi connectivity index (χ4v) is 3.11. The first-order valence-corrected chi connectivity index (χ1v) is 8.20. The first-order valence-electron chi connectivity index (χ1n) is 6.97. The van der Waals surface area contributed by atoms with Gasteiger partial charge in [-0.2, -0.15) is 0 Å². The predicted octanol–water partition coefficient (Wildman–Crippen LogP) is 4.27. The van der Waals surface area contributed by atoms with E-state index in [2.05, 4.69) is 65.1 Å². The van der Waals surface area contributed by atoms with Crippen molar-refractivity contribution < 1.29 is 0 Å². The summed E-state index contributed by atoms with van der Waals surface area (Å²) in [6, 6.07) is 17.4. The van der Waals surface area contributed by atoms with Gasteiger partial charge in [-0.25, -0.2) is 0 Å². The average molecular weight is 294 g/mol. The fraction of sp³-hybridized carbons (Fsp3) is 0.167. The number of hydrogen-bond acceptors (Lipinski definition) is 3. The molecule has 0 spiro atoms. The van der Waals surface area contributed by atoms with Crippen molar-refractivity contribution in [1.29, 1.82) is 0 Å². The first-order chi connectivity index (χ1) is 10.3. The molecule has 3 heteroatoms. The summed E-state index contributed by atoms with van der Waals surface area (Å²) in [5.74, 6) is 0. The van der Waals surface area contributed by atoms with Crippen LogP contribution in [0.1, 0.15) is 17.2 Å². The Labute approximate surface area is 129 Å². The van der Waals surface area contributed by atoms with Crippen molar-refractivity contribution >= 4 is 22.5 Å². The van der Waals surface area contributed by atoms with Crippen molar-refractivity contribution in [2.24, 2.45) is 0 Å². The van der Waals surface area contributed by atoms with Crippen molar-refractivity contribution in [2.45, 2.75) is 10.9 Å². The first kappa shape index (κ1) is 14.1. The maximum atomic E-state index is 4.21. The molecule has 1 aromatic heterocycles. The molecule has 0 saturated heterocycles. The maximum absolute atomic E-state index is 4.21. The Hall–Kier alpha value is -1.84. The number of hydrogen-bond donors (Lipinski definition) is 1. The van der Waals surface area contributed by atoms with Gasteiger partial charge in [-0.05, 0) is 48.0 Å². The van der Waals surface area contributed by atoms with E-state index in [0.717, 1.165) is 0 Å². The van der Waals surface area contributed by atoms with Crippen molar-refractivity contribution in [3.8, 4) is 0 Å². The van der Waals surface area contributed by atoms with E-state index in [0.29, 0.717) is 0 Å². The van der Waals surface area contributed by atoms with E-state index in [-0.39, 0.29) is 6.04 Å². The maximum Gasteiger partial charge on any atom is 0.0580 e. The van der Waals surface area contributed by atoms with Gasteiger partial charge in [0, 0.05) is 22.7 Å². The van der Waals surface area contributed by atoms with Crippen molar-refractivity contribution in [2.75, 3.05) is 13.3 Å². The SMILES string of the molecule is CNC(c1ccc(SC)cc1)c1cccc2cnccc12. The van der Waals surface area contributed by atoms with Crippen LogP contribution in [0.5, 0.6) is 0 Å². The number of aromatic nitrogens is 1. The van der Waals surface area contributed by atoms with E-state index in [1.54, 1.807) is 11.8 Å². The average Bonchev–Trinajstić information content (AvgIpc) is 2.56. The molecule has 0 fully saturated rings. The second kappa shape index (κ2) is 6.29. The molecule has 106 valence electrons. The van der Waals surface area contributed by atoms with Crippen LogP contribution in [0.4, 0.5) is 0 Å². The molecule has 3 aromatic rings. The lowest BCUT2D eigenvalue weighted by atomic mass is 9.94. The number of benzene rings is 2. The number of pyridine rings is 1. The highest BCUT2D eigenvalue weighted by Crippen LogP contribution is 2.29. The van der Waals surface area contributed by atoms with Crippen LogP contribution < -0.4 is 5.32 Å². The van der Waals surface area contributed by atoms with Crippen LogP contribution in [0, 0.1) is 0 Å². The Balaban J connectivity index is 2.09. The minimum absolute atomic E-state index is 0.187. The number of nitrogens with zero attached hydrogens (tertiary/aromatic N) is 1. The molecule has 1 N–H and O–H groups in total. The topological polar surface area (TPSA) is 24.9 Å². The summed E-state index contributed by atoms with van der Waals surface area (Å²) < 4.78 is 0. The summed E-state index contributed by atoms with van der Waals surface area (Å²) in [5.41, 5.74) is 2.56. The largest absolute Gasteiger partial charge is 0.309 e. The molecule has 3 rings (SSSR count). The number of fused-ring (bicyclic) bond motifs is 1. The van der Waals surface area contributed by atoms with Gasteiger partial charge in [-0.15, -0.1) is 11.8 Å². The van der Waals surface area contributed by atoms with Crippen LogP contribution in [0.2, 0.25) is 0 Å². The third kappa shape index (κ3) is 2.80. The van der Waals surface area contributed by atoms with Crippen LogP contribution in [0.3, 0.4) is 0 Å². The number of rotatable bonds is 4. The van der Waals surface area contributed by atoms with Crippen molar-refractivity contribution in [3.63, 3.8) is 0 Å². The van der Waals surface area contributed by atoms with E-state index in [9.17, 15) is 0 Å². The lowest BCUT2D eigenvalue weighted by molar-refractivity contribution is 0.696. The van der Waals surface area contributed by atoms with Crippen LogP contribution >= 0.6 is 11.8 Å². The lowest BCUT2D eigenvalue weighted by Gasteiger charge is -2.19. The van der Waals surface area contributed by atoms with Gasteiger partial charge < -0.3 is 5.32 Å². The summed E-state index contributed by atoms with van der Waals surface area (Å²) in [7, 11) is 2.01. The highest BCUT2D eigenvalue weighted by Gasteiger charge is 2.14. The molecule has 1 heterocycles. The molecule has 0 amide bonds. The van der Waals surface area contributed by atoms with Crippen molar-refractivity contribution in [3.05, 3.63) is 72.1 Å². The van der Waals surface area contributed by atoms with Gasteiger partial charge in [0.2, 0.25) is 0 Å². The molecular weight excluding hydrogens is 276 g/mol. The fourth-order valence-electron chi connectivity index (χ4n) is 2.70. The molecular formula is C18H18N2S. The Morgan fingerprint density at radius 1 is 1.05 bits per heavy atom.